The van der Waals surface area contributed by atoms with E-state index in [9.17, 15) is 37.9 Å². The Morgan fingerprint density at radius 2 is 1.85 bits per heavy atom. The Balaban J connectivity index is 2.65. The molecule has 0 saturated carbocycles. The van der Waals surface area contributed by atoms with Gasteiger partial charge in [-0.1, -0.05) is 13.0 Å². The van der Waals surface area contributed by atoms with E-state index in [1.54, 1.807) is 34.6 Å². The molecule has 1 atom stereocenters. The number of amides is 3. The van der Waals surface area contributed by atoms with Gasteiger partial charge in [-0.05, 0) is 46.1 Å². The molecule has 3 N–H and O–H groups in total. The fraction of sp³-hybridized carbons (Fsp3) is 0.444. The number of hydrogen-bond acceptors (Lipinski definition) is 7. The van der Waals surface area contributed by atoms with E-state index >= 15 is 0 Å². The second-order valence-corrected chi connectivity index (χ2v) is 10.1. The number of halogens is 2. The number of carbonyl (C=O) groups excluding carboxylic acids is 4. The van der Waals surface area contributed by atoms with Crippen molar-refractivity contribution in [3.63, 3.8) is 0 Å². The van der Waals surface area contributed by atoms with Crippen molar-refractivity contribution in [2.45, 2.75) is 59.6 Å². The summed E-state index contributed by atoms with van der Waals surface area (Å²) in [6.45, 7) is 7.72. The predicted molar refractivity (Wildman–Crippen MR) is 142 cm³/mol. The summed E-state index contributed by atoms with van der Waals surface area (Å²) in [4.78, 5) is 63.1. The van der Waals surface area contributed by atoms with Crippen LogP contribution in [-0.2, 0) is 16.1 Å². The molecule has 0 spiro atoms. The molecule has 40 heavy (non-hydrogen) atoms. The predicted octanol–water partition coefficient (Wildman–Crippen LogP) is 3.00. The fourth-order valence-corrected chi connectivity index (χ4v) is 3.64. The zero-order valence-corrected chi connectivity index (χ0v) is 23.0. The van der Waals surface area contributed by atoms with E-state index in [1.807, 2.05) is 0 Å². The highest BCUT2D eigenvalue weighted by atomic mass is 19.1. The third-order valence-electron chi connectivity index (χ3n) is 5.54. The molecule has 218 valence electrons. The van der Waals surface area contributed by atoms with Crippen molar-refractivity contribution >= 4 is 24.2 Å². The number of aldehydes is 1. The number of ether oxygens (including phenoxy) is 1. The van der Waals surface area contributed by atoms with E-state index in [4.69, 9.17) is 4.74 Å². The molecule has 0 aliphatic heterocycles. The van der Waals surface area contributed by atoms with Gasteiger partial charge in [-0.2, -0.15) is 0 Å². The molecule has 0 aliphatic carbocycles. The van der Waals surface area contributed by atoms with Gasteiger partial charge < -0.3 is 25.3 Å². The number of carbonyl (C=O) groups is 4. The zero-order valence-electron chi connectivity index (χ0n) is 23.0. The molecular formula is C27H34F2N4O7. The van der Waals surface area contributed by atoms with Crippen LogP contribution in [0, 0.1) is 17.6 Å². The van der Waals surface area contributed by atoms with E-state index in [0.29, 0.717) is 18.8 Å². The lowest BCUT2D eigenvalue weighted by Crippen LogP contribution is -2.49. The molecule has 1 heterocycles. The summed E-state index contributed by atoms with van der Waals surface area (Å²) in [5, 5.41) is 16.5. The standard InChI is InChI=1S/C27H34F2N4O7/c1-6-30-25(38)21-23(36)22(35)19(24(37)31-13-17-9-10-18(28)12-20(17)29)15-32(21)33(14-16(2)8-7-11-34)26(39)40-27(3,4)5/h9-12,15-16,36H,6-8,13-14H2,1-5H3,(H,30,38)(H,31,37)/t16-/m0/s1. The maximum Gasteiger partial charge on any atom is 0.429 e. The highest BCUT2D eigenvalue weighted by Crippen LogP contribution is 2.19. The second-order valence-electron chi connectivity index (χ2n) is 10.1. The normalized spacial score (nSPS) is 11.9. The van der Waals surface area contributed by atoms with Crippen molar-refractivity contribution in [2.75, 3.05) is 18.1 Å². The number of hydrogen-bond donors (Lipinski definition) is 3. The number of aromatic nitrogens is 1. The summed E-state index contributed by atoms with van der Waals surface area (Å²) >= 11 is 0. The maximum atomic E-state index is 14.0. The molecule has 1 aromatic carbocycles. The summed E-state index contributed by atoms with van der Waals surface area (Å²) in [5.74, 6) is -5.14. The quantitative estimate of drug-likeness (QED) is 0.356. The number of nitrogens with one attached hydrogen (secondary N) is 2. The molecule has 0 saturated heterocycles. The number of nitrogens with zero attached hydrogens (tertiary/aromatic N) is 2. The van der Waals surface area contributed by atoms with Crippen LogP contribution in [0.2, 0.25) is 0 Å². The highest BCUT2D eigenvalue weighted by molar-refractivity contribution is 5.99. The van der Waals surface area contributed by atoms with Crippen LogP contribution in [0.25, 0.3) is 0 Å². The first kappa shape index (κ1) is 31.9. The number of pyridine rings is 1. The van der Waals surface area contributed by atoms with Crippen LogP contribution in [0.15, 0.2) is 29.2 Å². The average molecular weight is 565 g/mol. The summed E-state index contributed by atoms with van der Waals surface area (Å²) < 4.78 is 33.6. The van der Waals surface area contributed by atoms with E-state index in [1.165, 1.54) is 0 Å². The Bertz CT molecular complexity index is 1320. The minimum Gasteiger partial charge on any atom is -0.502 e. The van der Waals surface area contributed by atoms with Crippen molar-refractivity contribution in [1.29, 1.82) is 0 Å². The minimum absolute atomic E-state index is 0.0716. The molecule has 0 radical (unpaired) electrons. The zero-order chi connectivity index (χ0) is 30.2. The van der Waals surface area contributed by atoms with Crippen molar-refractivity contribution in [3.8, 4) is 5.75 Å². The molecule has 13 heteroatoms. The Morgan fingerprint density at radius 3 is 2.42 bits per heavy atom. The smallest absolute Gasteiger partial charge is 0.429 e. The molecule has 2 aromatic rings. The van der Waals surface area contributed by atoms with Crippen molar-refractivity contribution in [2.24, 2.45) is 5.92 Å². The number of benzene rings is 1. The largest absolute Gasteiger partial charge is 0.502 e. The third-order valence-corrected chi connectivity index (χ3v) is 5.54. The van der Waals surface area contributed by atoms with Gasteiger partial charge in [-0.25, -0.2) is 23.3 Å². The molecule has 11 nitrogen and oxygen atoms in total. The first-order chi connectivity index (χ1) is 18.7. The van der Waals surface area contributed by atoms with Gasteiger partial charge in [0.05, 0.1) is 0 Å². The summed E-state index contributed by atoms with van der Waals surface area (Å²) in [5.41, 5.74) is -3.55. The molecule has 0 bridgehead atoms. The summed E-state index contributed by atoms with van der Waals surface area (Å²) in [6.07, 6.45) is 1.21. The lowest BCUT2D eigenvalue weighted by molar-refractivity contribution is -0.108. The molecular weight excluding hydrogens is 530 g/mol. The van der Waals surface area contributed by atoms with Gasteiger partial charge in [-0.15, -0.1) is 0 Å². The van der Waals surface area contributed by atoms with Crippen molar-refractivity contribution in [1.82, 2.24) is 15.3 Å². The second kappa shape index (κ2) is 13.7. The molecule has 0 aliphatic rings. The highest BCUT2D eigenvalue weighted by Gasteiger charge is 2.31. The lowest BCUT2D eigenvalue weighted by atomic mass is 10.1. The molecule has 0 fully saturated rings. The number of rotatable bonds is 11. The fourth-order valence-electron chi connectivity index (χ4n) is 3.64. The van der Waals surface area contributed by atoms with Crippen LogP contribution in [0.1, 0.15) is 73.9 Å². The molecule has 3 amide bonds. The van der Waals surface area contributed by atoms with E-state index < -0.39 is 64.1 Å². The van der Waals surface area contributed by atoms with Gasteiger partial charge in [0, 0.05) is 43.9 Å². The molecule has 2 rings (SSSR count). The van der Waals surface area contributed by atoms with Crippen molar-refractivity contribution < 1.29 is 37.8 Å². The van der Waals surface area contributed by atoms with Crippen LogP contribution in [0.4, 0.5) is 13.6 Å². The van der Waals surface area contributed by atoms with Crippen LogP contribution in [0.5, 0.6) is 5.75 Å². The Morgan fingerprint density at radius 1 is 1.18 bits per heavy atom. The Labute approximate surface area is 230 Å². The van der Waals surface area contributed by atoms with E-state index in [2.05, 4.69) is 10.6 Å². The minimum atomic E-state index is -1.22. The molecule has 1 aromatic heterocycles. The maximum absolute atomic E-state index is 14.0. The van der Waals surface area contributed by atoms with Crippen molar-refractivity contribution in [3.05, 3.63) is 63.1 Å². The van der Waals surface area contributed by atoms with E-state index in [0.717, 1.165) is 28.0 Å². The SMILES string of the molecule is CCNC(=O)c1c(O)c(=O)c(C(=O)NCc2ccc(F)cc2F)cn1N(C[C@@H](C)CCC=O)C(=O)OC(C)(C)C. The Kier molecular flexibility index (Phi) is 10.9. The van der Waals surface area contributed by atoms with Crippen LogP contribution in [0.3, 0.4) is 0 Å². The van der Waals surface area contributed by atoms with Gasteiger partial charge in [0.2, 0.25) is 5.43 Å². The molecule has 0 unspecified atom stereocenters. The average Bonchev–Trinajstić information content (AvgIpc) is 2.85. The summed E-state index contributed by atoms with van der Waals surface area (Å²) in [6, 6.07) is 2.74. The number of aromatic hydroxyl groups is 1. The van der Waals surface area contributed by atoms with Gasteiger partial charge >= 0.3 is 6.09 Å². The monoisotopic (exact) mass is 564 g/mol. The van der Waals surface area contributed by atoms with Crippen LogP contribution < -0.4 is 21.1 Å². The van der Waals surface area contributed by atoms with Gasteiger partial charge in [-0.3, -0.25) is 14.4 Å². The van der Waals surface area contributed by atoms with Gasteiger partial charge in [0.15, 0.2) is 11.4 Å². The Hall–Kier alpha value is -4.29. The first-order valence-corrected chi connectivity index (χ1v) is 12.6. The van der Waals surface area contributed by atoms with Gasteiger partial charge in [0.1, 0.15) is 29.1 Å². The van der Waals surface area contributed by atoms with Gasteiger partial charge in [0.25, 0.3) is 11.8 Å². The van der Waals surface area contributed by atoms with Crippen LogP contribution >= 0.6 is 0 Å². The van der Waals surface area contributed by atoms with Crippen LogP contribution in [-0.4, -0.2) is 52.7 Å². The first-order valence-electron chi connectivity index (χ1n) is 12.6. The third kappa shape index (κ3) is 8.35. The summed E-state index contributed by atoms with van der Waals surface area (Å²) in [7, 11) is 0. The topological polar surface area (TPSA) is 147 Å². The lowest BCUT2D eigenvalue weighted by Gasteiger charge is -2.32. The van der Waals surface area contributed by atoms with E-state index in [-0.39, 0.29) is 31.0 Å².